The summed E-state index contributed by atoms with van der Waals surface area (Å²) >= 11 is 1.23. The van der Waals surface area contributed by atoms with Crippen molar-refractivity contribution in [1.82, 2.24) is 4.57 Å². The van der Waals surface area contributed by atoms with Crippen molar-refractivity contribution in [2.75, 3.05) is 13.7 Å². The molecule has 212 valence electrons. The summed E-state index contributed by atoms with van der Waals surface area (Å²) in [6, 6.07) is 21.9. The Morgan fingerprint density at radius 1 is 1.10 bits per heavy atom. The first-order valence-corrected chi connectivity index (χ1v) is 14.2. The van der Waals surface area contributed by atoms with Crippen LogP contribution < -0.4 is 24.4 Å². The van der Waals surface area contributed by atoms with Crippen LogP contribution in [0, 0.1) is 18.3 Å². The van der Waals surface area contributed by atoms with Crippen molar-refractivity contribution in [2.24, 2.45) is 4.99 Å². The lowest BCUT2D eigenvalue weighted by molar-refractivity contribution is -0.139. The summed E-state index contributed by atoms with van der Waals surface area (Å²) in [6.07, 6.45) is 1.74. The molecule has 42 heavy (non-hydrogen) atoms. The molecule has 1 aliphatic rings. The van der Waals surface area contributed by atoms with Gasteiger partial charge in [0.2, 0.25) is 0 Å². The highest BCUT2D eigenvalue weighted by molar-refractivity contribution is 7.07. The molecule has 0 aliphatic carbocycles. The van der Waals surface area contributed by atoms with E-state index in [0.29, 0.717) is 43.2 Å². The number of aromatic nitrogens is 1. The van der Waals surface area contributed by atoms with Gasteiger partial charge in [-0.15, -0.1) is 0 Å². The van der Waals surface area contributed by atoms with Crippen LogP contribution in [0.5, 0.6) is 11.5 Å². The molecule has 0 saturated carbocycles. The fourth-order valence-electron chi connectivity index (χ4n) is 4.86. The van der Waals surface area contributed by atoms with E-state index >= 15 is 0 Å². The van der Waals surface area contributed by atoms with Gasteiger partial charge in [0.25, 0.3) is 5.56 Å². The van der Waals surface area contributed by atoms with E-state index in [0.717, 1.165) is 16.7 Å². The fraction of sp³-hybridized carbons (Fsp3) is 0.212. The number of thiazole rings is 1. The summed E-state index contributed by atoms with van der Waals surface area (Å²) in [5.74, 6) is 0.431. The summed E-state index contributed by atoms with van der Waals surface area (Å²) in [5.41, 5.74) is 4.28. The number of allylic oxidation sites excluding steroid dienone is 1. The van der Waals surface area contributed by atoms with Gasteiger partial charge >= 0.3 is 5.97 Å². The highest BCUT2D eigenvalue weighted by Crippen LogP contribution is 2.33. The average Bonchev–Trinajstić information content (AvgIpc) is 3.30. The molecule has 1 aliphatic heterocycles. The van der Waals surface area contributed by atoms with Crippen molar-refractivity contribution >= 4 is 23.4 Å². The van der Waals surface area contributed by atoms with Crippen molar-refractivity contribution in [2.45, 2.75) is 33.4 Å². The lowest BCUT2D eigenvalue weighted by Gasteiger charge is -2.24. The molecule has 0 spiro atoms. The topological polar surface area (TPSA) is 103 Å². The largest absolute Gasteiger partial charge is 0.493 e. The van der Waals surface area contributed by atoms with E-state index in [1.807, 2.05) is 55.5 Å². The van der Waals surface area contributed by atoms with Crippen LogP contribution in [-0.2, 0) is 16.1 Å². The highest BCUT2D eigenvalue weighted by Gasteiger charge is 2.33. The smallest absolute Gasteiger partial charge is 0.338 e. The summed E-state index contributed by atoms with van der Waals surface area (Å²) in [5, 5.41) is 9.48. The molecular weight excluding hydrogens is 550 g/mol. The van der Waals surface area contributed by atoms with Crippen molar-refractivity contribution in [3.05, 3.63) is 126 Å². The van der Waals surface area contributed by atoms with E-state index in [-0.39, 0.29) is 18.8 Å². The molecule has 9 heteroatoms. The third-order valence-corrected chi connectivity index (χ3v) is 7.92. The van der Waals surface area contributed by atoms with Gasteiger partial charge in [0.05, 0.1) is 47.2 Å². The molecule has 5 rings (SSSR count). The second kappa shape index (κ2) is 12.3. The molecule has 1 aromatic heterocycles. The molecule has 0 saturated heterocycles. The zero-order valence-electron chi connectivity index (χ0n) is 23.7. The predicted octanol–water partition coefficient (Wildman–Crippen LogP) is 4.57. The Morgan fingerprint density at radius 3 is 2.57 bits per heavy atom. The van der Waals surface area contributed by atoms with Gasteiger partial charge in [0.1, 0.15) is 6.61 Å². The molecule has 0 radical (unpaired) electrons. The van der Waals surface area contributed by atoms with Gasteiger partial charge < -0.3 is 14.2 Å². The number of para-hydroxylation sites is 1. The highest BCUT2D eigenvalue weighted by atomic mass is 32.1. The van der Waals surface area contributed by atoms with E-state index in [9.17, 15) is 14.9 Å². The number of carbonyl (C=O) groups excluding carboxylic acids is 1. The van der Waals surface area contributed by atoms with Crippen LogP contribution in [0.1, 0.15) is 47.7 Å². The first kappa shape index (κ1) is 28.6. The van der Waals surface area contributed by atoms with Gasteiger partial charge in [-0.05, 0) is 44.5 Å². The van der Waals surface area contributed by atoms with E-state index < -0.39 is 12.0 Å². The summed E-state index contributed by atoms with van der Waals surface area (Å²) in [4.78, 5) is 32.3. The molecule has 0 bridgehead atoms. The fourth-order valence-corrected chi connectivity index (χ4v) is 5.90. The number of nitrogens with zero attached hydrogens (tertiary/aromatic N) is 3. The van der Waals surface area contributed by atoms with Crippen LogP contribution >= 0.6 is 11.3 Å². The Balaban J connectivity index is 1.64. The summed E-state index contributed by atoms with van der Waals surface area (Å²) in [7, 11) is 1.55. The molecule has 0 amide bonds. The van der Waals surface area contributed by atoms with E-state index in [1.54, 1.807) is 49.8 Å². The number of nitriles is 1. The molecule has 1 atom stereocenters. The number of esters is 1. The Bertz CT molecular complexity index is 1910. The summed E-state index contributed by atoms with van der Waals surface area (Å²) in [6.45, 7) is 5.84. The minimum absolute atomic E-state index is 0.141. The number of benzene rings is 3. The van der Waals surface area contributed by atoms with Crippen molar-refractivity contribution in [1.29, 1.82) is 5.26 Å². The maximum atomic E-state index is 14.0. The maximum absolute atomic E-state index is 14.0. The Hall–Kier alpha value is -4.94. The van der Waals surface area contributed by atoms with Crippen molar-refractivity contribution in [3.63, 3.8) is 0 Å². The lowest BCUT2D eigenvalue weighted by Crippen LogP contribution is -2.39. The average molecular weight is 580 g/mol. The number of methoxy groups -OCH3 is 1. The molecule has 8 nitrogen and oxygen atoms in total. The van der Waals surface area contributed by atoms with Crippen LogP contribution in [0.25, 0.3) is 6.08 Å². The molecule has 0 fully saturated rings. The van der Waals surface area contributed by atoms with E-state index in [1.165, 1.54) is 11.3 Å². The Kier molecular flexibility index (Phi) is 8.36. The number of ether oxygens (including phenoxy) is 3. The minimum atomic E-state index is -0.688. The van der Waals surface area contributed by atoms with Gasteiger partial charge in [0.15, 0.2) is 16.3 Å². The lowest BCUT2D eigenvalue weighted by atomic mass is 9.95. The molecule has 3 aromatic carbocycles. The molecule has 0 N–H and O–H groups in total. The van der Waals surface area contributed by atoms with Gasteiger partial charge in [-0.25, -0.2) is 9.79 Å². The Morgan fingerprint density at radius 2 is 1.86 bits per heavy atom. The van der Waals surface area contributed by atoms with Crippen molar-refractivity contribution in [3.8, 4) is 17.6 Å². The Labute approximate surface area is 247 Å². The van der Waals surface area contributed by atoms with Crippen LogP contribution in [0.4, 0.5) is 0 Å². The van der Waals surface area contributed by atoms with Crippen LogP contribution in [0.15, 0.2) is 87.8 Å². The number of fused-ring (bicyclic) bond motifs is 1. The van der Waals surface area contributed by atoms with Crippen molar-refractivity contribution < 1.29 is 19.0 Å². The predicted molar refractivity (Wildman–Crippen MR) is 160 cm³/mol. The van der Waals surface area contributed by atoms with Gasteiger partial charge in [-0.3, -0.25) is 9.36 Å². The second-order valence-electron chi connectivity index (χ2n) is 9.65. The molecule has 4 aromatic rings. The minimum Gasteiger partial charge on any atom is -0.493 e. The zero-order chi connectivity index (χ0) is 29.8. The third kappa shape index (κ3) is 5.49. The van der Waals surface area contributed by atoms with Gasteiger partial charge in [-0.2, -0.15) is 5.26 Å². The maximum Gasteiger partial charge on any atom is 0.338 e. The summed E-state index contributed by atoms with van der Waals surface area (Å²) < 4.78 is 19.1. The molecular formula is C33H29N3O5S. The zero-order valence-corrected chi connectivity index (χ0v) is 24.5. The number of aryl methyl sites for hydroxylation is 1. The van der Waals surface area contributed by atoms with Crippen LogP contribution in [0.3, 0.4) is 0 Å². The van der Waals surface area contributed by atoms with Crippen LogP contribution in [-0.4, -0.2) is 24.3 Å². The quantitative estimate of drug-likeness (QED) is 0.284. The number of hydrogen-bond acceptors (Lipinski definition) is 8. The SMILES string of the molecule is CCOC(=O)C1=C(C)N=c2s/c(=C\c3cccc(OC)c3OCc3ccccc3C#N)c(=O)n2[C@H]1c1ccc(C)cc1. The normalized spacial score (nSPS) is 14.5. The first-order chi connectivity index (χ1) is 20.4. The van der Waals surface area contributed by atoms with E-state index in [4.69, 9.17) is 14.2 Å². The van der Waals surface area contributed by atoms with Crippen LogP contribution in [0.2, 0.25) is 0 Å². The number of rotatable bonds is 8. The van der Waals surface area contributed by atoms with Gasteiger partial charge in [0, 0.05) is 11.1 Å². The van der Waals surface area contributed by atoms with E-state index in [2.05, 4.69) is 11.1 Å². The first-order valence-electron chi connectivity index (χ1n) is 13.4. The number of carbonyl (C=O) groups is 1. The third-order valence-electron chi connectivity index (χ3n) is 6.94. The second-order valence-corrected chi connectivity index (χ2v) is 10.7. The number of hydrogen-bond donors (Lipinski definition) is 0. The standard InChI is InChI=1S/C33H29N3O5S/c1-5-40-32(38)28-21(3)35-33-36(29(28)22-15-13-20(2)14-16-22)31(37)27(42-33)17-23-11-8-12-26(39-4)30(23)41-19-25-10-7-6-9-24(25)18-34/h6-17,29H,5,19H2,1-4H3/b27-17-/t29-/m0/s1. The molecule has 0 unspecified atom stereocenters. The monoisotopic (exact) mass is 579 g/mol. The van der Waals surface area contributed by atoms with Gasteiger partial charge in [-0.1, -0.05) is 71.5 Å². The molecule has 2 heterocycles.